The van der Waals surface area contributed by atoms with Gasteiger partial charge in [-0.3, -0.25) is 0 Å². The lowest BCUT2D eigenvalue weighted by Crippen LogP contribution is -2.44. The highest BCUT2D eigenvalue weighted by atomic mass is 16.3. The number of aliphatic hydroxyl groups excluding tert-OH is 1. The predicted octanol–water partition coefficient (Wildman–Crippen LogP) is 3.44. The highest BCUT2D eigenvalue weighted by molar-refractivity contribution is 4.86. The van der Waals surface area contributed by atoms with Crippen LogP contribution in [0.5, 0.6) is 0 Å². The van der Waals surface area contributed by atoms with Gasteiger partial charge in [0, 0.05) is 6.04 Å². The van der Waals surface area contributed by atoms with Gasteiger partial charge in [-0.1, -0.05) is 32.6 Å². The van der Waals surface area contributed by atoms with Gasteiger partial charge in [-0.2, -0.15) is 0 Å². The first-order valence-corrected chi connectivity index (χ1v) is 8.09. The van der Waals surface area contributed by atoms with Gasteiger partial charge < -0.3 is 10.0 Å². The highest BCUT2D eigenvalue weighted by Crippen LogP contribution is 2.33. The average molecular weight is 253 g/mol. The normalized spacial score (nSPS) is 33.7. The van der Waals surface area contributed by atoms with Gasteiger partial charge in [0.25, 0.3) is 0 Å². The van der Waals surface area contributed by atoms with Crippen molar-refractivity contribution in [3.05, 3.63) is 0 Å². The van der Waals surface area contributed by atoms with Gasteiger partial charge in [0.2, 0.25) is 0 Å². The smallest absolute Gasteiger partial charge is 0.0555 e. The van der Waals surface area contributed by atoms with Gasteiger partial charge in [0.15, 0.2) is 0 Å². The maximum Gasteiger partial charge on any atom is 0.0555 e. The Labute approximate surface area is 113 Å². The lowest BCUT2D eigenvalue weighted by molar-refractivity contribution is 0.0312. The predicted molar refractivity (Wildman–Crippen MR) is 76.6 cm³/mol. The molecular weight excluding hydrogens is 222 g/mol. The molecule has 0 aromatic carbocycles. The SMILES string of the molecule is CCCC1CCC(O)CC1N(C)CCC1CCC1. The van der Waals surface area contributed by atoms with Crippen LogP contribution in [-0.2, 0) is 0 Å². The van der Waals surface area contributed by atoms with E-state index in [1.165, 1.54) is 51.5 Å². The fourth-order valence-electron chi connectivity index (χ4n) is 3.77. The van der Waals surface area contributed by atoms with Gasteiger partial charge in [-0.15, -0.1) is 0 Å². The second-order valence-electron chi connectivity index (χ2n) is 6.65. The van der Waals surface area contributed by atoms with Crippen LogP contribution in [0.15, 0.2) is 0 Å². The molecule has 0 aliphatic heterocycles. The molecule has 18 heavy (non-hydrogen) atoms. The van der Waals surface area contributed by atoms with Crippen LogP contribution in [0.2, 0.25) is 0 Å². The molecule has 0 bridgehead atoms. The standard InChI is InChI=1S/C16H31NO/c1-3-5-14-8-9-15(18)12-16(14)17(2)11-10-13-6-4-7-13/h13-16,18H,3-12H2,1-2H3. The summed E-state index contributed by atoms with van der Waals surface area (Å²) in [4.78, 5) is 2.56. The Hall–Kier alpha value is -0.0800. The van der Waals surface area contributed by atoms with E-state index >= 15 is 0 Å². The first-order valence-electron chi connectivity index (χ1n) is 8.09. The number of hydrogen-bond donors (Lipinski definition) is 1. The Bertz CT molecular complexity index is 239. The van der Waals surface area contributed by atoms with Crippen LogP contribution in [0.1, 0.15) is 64.7 Å². The molecule has 3 unspecified atom stereocenters. The van der Waals surface area contributed by atoms with E-state index in [0.717, 1.165) is 24.7 Å². The van der Waals surface area contributed by atoms with E-state index in [1.54, 1.807) is 0 Å². The third kappa shape index (κ3) is 3.71. The molecule has 2 heteroatoms. The number of nitrogens with zero attached hydrogens (tertiary/aromatic N) is 1. The minimum atomic E-state index is -0.0470. The van der Waals surface area contributed by atoms with Gasteiger partial charge in [0.05, 0.1) is 6.10 Å². The number of aliphatic hydroxyl groups is 1. The topological polar surface area (TPSA) is 23.5 Å². The Kier molecular flexibility index (Phi) is 5.50. The highest BCUT2D eigenvalue weighted by Gasteiger charge is 2.32. The fraction of sp³-hybridized carbons (Fsp3) is 1.00. The van der Waals surface area contributed by atoms with Crippen LogP contribution in [0, 0.1) is 11.8 Å². The third-order valence-corrected chi connectivity index (χ3v) is 5.27. The molecule has 1 N–H and O–H groups in total. The zero-order valence-corrected chi connectivity index (χ0v) is 12.3. The summed E-state index contributed by atoms with van der Waals surface area (Å²) in [6.45, 7) is 3.53. The van der Waals surface area contributed by atoms with Crippen molar-refractivity contribution in [1.29, 1.82) is 0 Å². The number of rotatable bonds is 6. The maximum atomic E-state index is 9.92. The van der Waals surface area contributed by atoms with E-state index in [0.29, 0.717) is 6.04 Å². The molecule has 2 rings (SSSR count). The minimum absolute atomic E-state index is 0.0470. The van der Waals surface area contributed by atoms with Gasteiger partial charge in [-0.05, 0) is 57.5 Å². The molecule has 0 aromatic rings. The summed E-state index contributed by atoms with van der Waals surface area (Å²) in [5.41, 5.74) is 0. The molecule has 0 aromatic heterocycles. The van der Waals surface area contributed by atoms with Crippen molar-refractivity contribution in [2.24, 2.45) is 11.8 Å². The zero-order valence-electron chi connectivity index (χ0n) is 12.3. The van der Waals surface area contributed by atoms with E-state index in [1.807, 2.05) is 0 Å². The first-order chi connectivity index (χ1) is 8.70. The van der Waals surface area contributed by atoms with Crippen molar-refractivity contribution in [1.82, 2.24) is 4.90 Å². The fourth-order valence-corrected chi connectivity index (χ4v) is 3.77. The van der Waals surface area contributed by atoms with Crippen molar-refractivity contribution in [2.75, 3.05) is 13.6 Å². The van der Waals surface area contributed by atoms with Crippen molar-refractivity contribution in [3.63, 3.8) is 0 Å². The molecule has 2 fully saturated rings. The zero-order chi connectivity index (χ0) is 13.0. The lowest BCUT2D eigenvalue weighted by atomic mass is 9.79. The molecule has 3 atom stereocenters. The third-order valence-electron chi connectivity index (χ3n) is 5.27. The summed E-state index contributed by atoms with van der Waals surface area (Å²) < 4.78 is 0. The molecule has 0 spiro atoms. The van der Waals surface area contributed by atoms with Crippen molar-refractivity contribution in [2.45, 2.75) is 76.9 Å². The molecule has 0 amide bonds. The van der Waals surface area contributed by atoms with Crippen LogP contribution in [0.3, 0.4) is 0 Å². The molecule has 2 nitrogen and oxygen atoms in total. The molecule has 2 aliphatic carbocycles. The van der Waals surface area contributed by atoms with Crippen LogP contribution >= 0.6 is 0 Å². The summed E-state index contributed by atoms with van der Waals surface area (Å²) >= 11 is 0. The van der Waals surface area contributed by atoms with Gasteiger partial charge in [0.1, 0.15) is 0 Å². The summed E-state index contributed by atoms with van der Waals surface area (Å²) in [5.74, 6) is 1.83. The molecule has 2 aliphatic rings. The molecular formula is C16H31NO. The van der Waals surface area contributed by atoms with E-state index in [9.17, 15) is 5.11 Å². The Morgan fingerprint density at radius 1 is 1.11 bits per heavy atom. The van der Waals surface area contributed by atoms with Crippen LogP contribution in [0.25, 0.3) is 0 Å². The van der Waals surface area contributed by atoms with E-state index in [-0.39, 0.29) is 6.10 Å². The largest absolute Gasteiger partial charge is 0.393 e. The van der Waals surface area contributed by atoms with E-state index < -0.39 is 0 Å². The molecule has 0 saturated heterocycles. The average Bonchev–Trinajstić information content (AvgIpc) is 2.29. The second kappa shape index (κ2) is 6.91. The molecule has 0 radical (unpaired) electrons. The van der Waals surface area contributed by atoms with Crippen LogP contribution in [-0.4, -0.2) is 35.7 Å². The monoisotopic (exact) mass is 253 g/mol. The molecule has 0 heterocycles. The van der Waals surface area contributed by atoms with Gasteiger partial charge >= 0.3 is 0 Å². The van der Waals surface area contributed by atoms with Crippen LogP contribution in [0.4, 0.5) is 0 Å². The summed E-state index contributed by atoms with van der Waals surface area (Å²) in [6, 6.07) is 0.633. The minimum Gasteiger partial charge on any atom is -0.393 e. The lowest BCUT2D eigenvalue weighted by Gasteiger charge is -2.41. The first kappa shape index (κ1) is 14.3. The molecule has 106 valence electrons. The number of hydrogen-bond acceptors (Lipinski definition) is 2. The molecule has 2 saturated carbocycles. The van der Waals surface area contributed by atoms with Crippen molar-refractivity contribution < 1.29 is 5.11 Å². The Morgan fingerprint density at radius 3 is 2.50 bits per heavy atom. The van der Waals surface area contributed by atoms with Crippen LogP contribution < -0.4 is 0 Å². The summed E-state index contributed by atoms with van der Waals surface area (Å²) in [5, 5.41) is 9.92. The van der Waals surface area contributed by atoms with E-state index in [4.69, 9.17) is 0 Å². The summed E-state index contributed by atoms with van der Waals surface area (Å²) in [7, 11) is 2.28. The van der Waals surface area contributed by atoms with Gasteiger partial charge in [-0.25, -0.2) is 0 Å². The van der Waals surface area contributed by atoms with E-state index in [2.05, 4.69) is 18.9 Å². The summed E-state index contributed by atoms with van der Waals surface area (Å²) in [6.07, 6.45) is 11.6. The maximum absolute atomic E-state index is 9.92. The Morgan fingerprint density at radius 2 is 1.89 bits per heavy atom. The second-order valence-corrected chi connectivity index (χ2v) is 6.65. The van der Waals surface area contributed by atoms with Crippen molar-refractivity contribution >= 4 is 0 Å². The quantitative estimate of drug-likeness (QED) is 0.784. The van der Waals surface area contributed by atoms with Crippen molar-refractivity contribution in [3.8, 4) is 0 Å². The Balaban J connectivity index is 1.80.